The highest BCUT2D eigenvalue weighted by molar-refractivity contribution is 14.1. The van der Waals surface area contributed by atoms with E-state index in [-0.39, 0.29) is 22.1 Å². The van der Waals surface area contributed by atoms with Gasteiger partial charge in [0.05, 0.1) is 29.8 Å². The number of halogens is 6. The number of nitrogens with zero attached hydrogens (tertiary/aromatic N) is 1. The minimum Gasteiger partial charge on any atom is -0.394 e. The second-order valence-electron chi connectivity index (χ2n) is 11.0. The van der Waals surface area contributed by atoms with Gasteiger partial charge in [0.25, 0.3) is 11.7 Å². The zero-order chi connectivity index (χ0) is 36.9. The Balaban J connectivity index is 1.75. The van der Waals surface area contributed by atoms with Crippen LogP contribution in [0.3, 0.4) is 0 Å². The number of nitrogens with one attached hydrogen (secondary N) is 2. The molecule has 276 valence electrons. The monoisotopic (exact) mass is 851 g/mol. The van der Waals surface area contributed by atoms with Crippen LogP contribution in [0.1, 0.15) is 5.56 Å². The molecule has 0 aromatic heterocycles. The number of hydrogen-bond acceptors (Lipinski definition) is 11. The summed E-state index contributed by atoms with van der Waals surface area (Å²) in [7, 11) is 1.14. The molecule has 2 fully saturated rings. The quantitative estimate of drug-likeness (QED) is 0.0787. The number of anilines is 1. The summed E-state index contributed by atoms with van der Waals surface area (Å²) in [6.07, 6.45) is -18.7. The molecule has 2 saturated heterocycles. The molecule has 0 radical (unpaired) electrons. The summed E-state index contributed by atoms with van der Waals surface area (Å²) in [6, 6.07) is 2.05. The zero-order valence-corrected chi connectivity index (χ0v) is 28.7. The number of aliphatic hydroxyl groups excluding tert-OH is 3. The van der Waals surface area contributed by atoms with E-state index in [1.54, 1.807) is 0 Å². The number of amides is 3. The second kappa shape index (κ2) is 17.1. The fourth-order valence-electron chi connectivity index (χ4n) is 5.42. The lowest BCUT2D eigenvalue weighted by Gasteiger charge is -2.47. The normalized spacial score (nSPS) is 30.0. The predicted molar refractivity (Wildman–Crippen MR) is 172 cm³/mol. The summed E-state index contributed by atoms with van der Waals surface area (Å²) in [5.74, 6) is -1.90. The smallest absolute Gasteiger partial charge is 0.394 e. The van der Waals surface area contributed by atoms with Crippen LogP contribution >= 0.6 is 34.2 Å². The number of nitrogens with two attached hydrogens (primary N) is 1. The lowest BCUT2D eigenvalue weighted by Crippen LogP contribution is -2.70. The fraction of sp³-hybridized carbons (Fsp3) is 0.517. The van der Waals surface area contributed by atoms with Crippen LogP contribution in [-0.4, -0.2) is 118 Å². The average Bonchev–Trinajstić information content (AvgIpc) is 3.07. The van der Waals surface area contributed by atoms with Crippen LogP contribution in [0.15, 0.2) is 42.5 Å². The minimum absolute atomic E-state index is 0.0370. The highest BCUT2D eigenvalue weighted by Gasteiger charge is 2.58. The van der Waals surface area contributed by atoms with Crippen LogP contribution in [0.4, 0.5) is 33.7 Å². The Labute approximate surface area is 300 Å². The number of aliphatic hydroxyl groups is 3. The van der Waals surface area contributed by atoms with Crippen molar-refractivity contribution in [3.8, 4) is 0 Å². The highest BCUT2D eigenvalue weighted by Crippen LogP contribution is 2.36. The number of primary amides is 1. The number of alkyl halides is 4. The van der Waals surface area contributed by atoms with Gasteiger partial charge < -0.3 is 55.4 Å². The molecule has 2 aromatic rings. The predicted octanol–water partition coefficient (Wildman–Crippen LogP) is 1.97. The Morgan fingerprint density at radius 3 is 2.42 bits per heavy atom. The number of methoxy groups -OCH3 is 1. The molecule has 7 N–H and O–H groups in total. The van der Waals surface area contributed by atoms with Crippen molar-refractivity contribution in [2.75, 3.05) is 30.1 Å². The minimum atomic E-state index is -4.85. The van der Waals surface area contributed by atoms with Crippen LogP contribution in [0.25, 0.3) is 0 Å². The summed E-state index contributed by atoms with van der Waals surface area (Å²) in [6.45, 7) is -0.944. The van der Waals surface area contributed by atoms with E-state index >= 15 is 0 Å². The van der Waals surface area contributed by atoms with Gasteiger partial charge in [-0.25, -0.2) is 9.18 Å². The third-order valence-corrected chi connectivity index (χ3v) is 8.53. The van der Waals surface area contributed by atoms with E-state index in [1.807, 2.05) is 22.6 Å². The number of ether oxygens (including phenoxy) is 5. The Bertz CT molecular complexity index is 1530. The van der Waals surface area contributed by atoms with E-state index < -0.39 is 103 Å². The van der Waals surface area contributed by atoms with Crippen LogP contribution in [0.5, 0.6) is 0 Å². The van der Waals surface area contributed by atoms with E-state index in [2.05, 4.69) is 10.6 Å². The summed E-state index contributed by atoms with van der Waals surface area (Å²) < 4.78 is 83.7. The Morgan fingerprint density at radius 1 is 1.10 bits per heavy atom. The first-order valence-electron chi connectivity index (χ1n) is 14.7. The number of carbonyl (C=O) groups excluding carboxylic acids is 2. The van der Waals surface area contributed by atoms with Crippen molar-refractivity contribution in [3.05, 3.63) is 63.8 Å². The molecule has 10 atom stereocenters. The Morgan fingerprint density at radius 2 is 1.82 bits per heavy atom. The third-order valence-electron chi connectivity index (χ3n) is 7.78. The maximum absolute atomic E-state index is 14.1. The highest BCUT2D eigenvalue weighted by atomic mass is 127. The number of hydrogen-bond donors (Lipinski definition) is 6. The van der Waals surface area contributed by atoms with Gasteiger partial charge in [-0.2, -0.15) is 13.2 Å². The molecular weight excluding hydrogens is 819 g/mol. The van der Waals surface area contributed by atoms with Gasteiger partial charge >= 0.3 is 12.2 Å². The number of carbonyl (C=O) groups is 2. The van der Waals surface area contributed by atoms with E-state index in [0.717, 1.165) is 25.3 Å². The van der Waals surface area contributed by atoms with Gasteiger partial charge in [0.1, 0.15) is 30.2 Å². The molecule has 10 unspecified atom stereocenters. The fourth-order valence-corrected chi connectivity index (χ4v) is 5.79. The summed E-state index contributed by atoms with van der Waals surface area (Å²) >= 11 is 7.68. The molecule has 0 saturated carbocycles. The SMILES string of the molecule is COC1C(C(N)=O)OC(OCCI)C(OC2OC(CO)C(O)C(O)C2[N+](=O)c2cccc(C(F)(F)F)c2)C1NC(=O)Nc1ccc(Cl)c(F)c1. The number of benzene rings is 2. The van der Waals surface area contributed by atoms with Gasteiger partial charge in [-0.3, -0.25) is 4.79 Å². The van der Waals surface area contributed by atoms with Crippen LogP contribution in [0, 0.1) is 10.7 Å². The molecule has 2 heterocycles. The van der Waals surface area contributed by atoms with Gasteiger partial charge in [-0.15, -0.1) is 0 Å². The van der Waals surface area contributed by atoms with Crippen LogP contribution < -0.4 is 16.4 Å². The van der Waals surface area contributed by atoms with Gasteiger partial charge in [-0.05, 0) is 24.3 Å². The van der Waals surface area contributed by atoms with Crippen molar-refractivity contribution in [1.82, 2.24) is 5.32 Å². The molecule has 15 nitrogen and oxygen atoms in total. The maximum atomic E-state index is 14.1. The van der Waals surface area contributed by atoms with Crippen LogP contribution in [-0.2, 0) is 34.7 Å². The molecule has 50 heavy (non-hydrogen) atoms. The van der Waals surface area contributed by atoms with Crippen molar-refractivity contribution in [3.63, 3.8) is 0 Å². The molecule has 21 heteroatoms. The van der Waals surface area contributed by atoms with Crippen molar-refractivity contribution in [1.29, 1.82) is 0 Å². The van der Waals surface area contributed by atoms with Crippen molar-refractivity contribution in [2.24, 2.45) is 5.73 Å². The van der Waals surface area contributed by atoms with E-state index in [9.17, 15) is 47.4 Å². The van der Waals surface area contributed by atoms with Gasteiger partial charge in [0.2, 0.25) is 12.2 Å². The first-order valence-corrected chi connectivity index (χ1v) is 16.6. The van der Waals surface area contributed by atoms with Gasteiger partial charge in [-0.1, -0.05) is 40.3 Å². The Kier molecular flexibility index (Phi) is 13.7. The maximum Gasteiger partial charge on any atom is 0.416 e. The van der Waals surface area contributed by atoms with Crippen molar-refractivity contribution >= 4 is 57.5 Å². The van der Waals surface area contributed by atoms with E-state index in [0.29, 0.717) is 16.6 Å². The number of urea groups is 1. The molecular formula is C29H33ClF4IN4O11+. The van der Waals surface area contributed by atoms with Gasteiger partial charge in [0.15, 0.2) is 18.5 Å². The topological polar surface area (TPSA) is 211 Å². The molecule has 2 aliphatic heterocycles. The molecule has 2 aliphatic rings. The van der Waals surface area contributed by atoms with Gasteiger partial charge in [0, 0.05) is 39.0 Å². The summed E-state index contributed by atoms with van der Waals surface area (Å²) in [5, 5.41) is 36.3. The zero-order valence-electron chi connectivity index (χ0n) is 25.8. The van der Waals surface area contributed by atoms with Crippen molar-refractivity contribution in [2.45, 2.75) is 67.5 Å². The third kappa shape index (κ3) is 9.16. The van der Waals surface area contributed by atoms with Crippen LogP contribution in [0.2, 0.25) is 5.02 Å². The Hall–Kier alpha value is -2.80. The lowest BCUT2D eigenvalue weighted by atomic mass is 9.93. The first-order chi connectivity index (χ1) is 23.6. The molecule has 4 rings (SSSR count). The second-order valence-corrected chi connectivity index (χ2v) is 12.5. The number of rotatable bonds is 12. The first kappa shape index (κ1) is 40.0. The van der Waals surface area contributed by atoms with Crippen molar-refractivity contribution < 1.29 is 70.9 Å². The average molecular weight is 852 g/mol. The number of nitroso groups, excluding NO2 is 1. The lowest BCUT2D eigenvalue weighted by molar-refractivity contribution is -0.565. The standard InChI is InChI=1S/C29H32ClF4IN4O11/c1-46-22-18(38-28(44)37-13-5-6-15(30)16(31)10-13)23(27(47-8-7-35)50-24(22)25(36)43)49-26-19(21(42)20(41)17(11-40)48-26)39(45)14-4-2-3-12(9-14)29(32,33)34/h2-6,9-10,17-24,26-27,40-42H,7-8,11H2,1H3,(H3-,36,37,38,43,44)/p+1. The summed E-state index contributed by atoms with van der Waals surface area (Å²) in [5.41, 5.74) is 3.72. The largest absolute Gasteiger partial charge is 0.416 e. The summed E-state index contributed by atoms with van der Waals surface area (Å²) in [4.78, 5) is 39.4. The molecule has 2 aromatic carbocycles. The molecule has 0 aliphatic carbocycles. The molecule has 3 amide bonds. The molecule has 0 bridgehead atoms. The molecule has 0 spiro atoms. The van der Waals surface area contributed by atoms with E-state index in [1.165, 1.54) is 12.1 Å². The van der Waals surface area contributed by atoms with E-state index in [4.69, 9.17) is 41.0 Å².